The van der Waals surface area contributed by atoms with Gasteiger partial charge in [-0.25, -0.2) is 9.59 Å². The average molecular weight is 488 g/mol. The van der Waals surface area contributed by atoms with Gasteiger partial charge >= 0.3 is 11.7 Å². The van der Waals surface area contributed by atoms with Crippen molar-refractivity contribution >= 4 is 28.7 Å². The summed E-state index contributed by atoms with van der Waals surface area (Å²) in [4.78, 5) is 37.2. The Labute approximate surface area is 206 Å². The molecule has 2 N–H and O–H groups in total. The SMILES string of the molecule is CNC(=O)Oc1cc2oc(=O)c(NC(=O)c3ccc(OC)c(-c4cccc(OC)c4)c3)cc2cc1C. The zero-order valence-electron chi connectivity index (χ0n) is 20.1. The molecule has 0 saturated heterocycles. The smallest absolute Gasteiger partial charge is 0.412 e. The van der Waals surface area contributed by atoms with Crippen LogP contribution >= 0.6 is 0 Å². The third-order valence-corrected chi connectivity index (χ3v) is 5.53. The summed E-state index contributed by atoms with van der Waals surface area (Å²) >= 11 is 0. The maximum atomic E-state index is 13.1. The normalized spacial score (nSPS) is 10.6. The fraction of sp³-hybridized carbons (Fsp3) is 0.148. The van der Waals surface area contributed by atoms with E-state index in [-0.39, 0.29) is 17.0 Å². The first kappa shape index (κ1) is 24.3. The number of anilines is 1. The van der Waals surface area contributed by atoms with E-state index in [4.69, 9.17) is 18.6 Å². The highest BCUT2D eigenvalue weighted by molar-refractivity contribution is 6.05. The molecule has 1 heterocycles. The van der Waals surface area contributed by atoms with Crippen LogP contribution in [-0.2, 0) is 0 Å². The molecule has 1 aromatic heterocycles. The first-order valence-electron chi connectivity index (χ1n) is 10.9. The van der Waals surface area contributed by atoms with Gasteiger partial charge in [-0.15, -0.1) is 0 Å². The van der Waals surface area contributed by atoms with Crippen molar-refractivity contribution in [2.24, 2.45) is 0 Å². The van der Waals surface area contributed by atoms with E-state index in [9.17, 15) is 14.4 Å². The highest BCUT2D eigenvalue weighted by Gasteiger charge is 2.16. The van der Waals surface area contributed by atoms with Crippen molar-refractivity contribution in [3.05, 3.63) is 82.2 Å². The van der Waals surface area contributed by atoms with Crippen LogP contribution in [0.2, 0.25) is 0 Å². The Morgan fingerprint density at radius 3 is 2.44 bits per heavy atom. The maximum absolute atomic E-state index is 13.1. The highest BCUT2D eigenvalue weighted by Crippen LogP contribution is 2.33. The highest BCUT2D eigenvalue weighted by atomic mass is 16.6. The molecule has 0 spiro atoms. The topological polar surface area (TPSA) is 116 Å². The van der Waals surface area contributed by atoms with E-state index in [1.54, 1.807) is 45.4 Å². The van der Waals surface area contributed by atoms with Crippen LogP contribution in [0.15, 0.2) is 69.9 Å². The van der Waals surface area contributed by atoms with Crippen LogP contribution in [0.25, 0.3) is 22.1 Å². The lowest BCUT2D eigenvalue weighted by molar-refractivity contribution is 0.102. The van der Waals surface area contributed by atoms with E-state index in [2.05, 4.69) is 10.6 Å². The van der Waals surface area contributed by atoms with Gasteiger partial charge < -0.3 is 29.3 Å². The van der Waals surface area contributed by atoms with Crippen LogP contribution in [0.1, 0.15) is 15.9 Å². The number of hydrogen-bond donors (Lipinski definition) is 2. The number of rotatable bonds is 6. The molecule has 4 aromatic rings. The van der Waals surface area contributed by atoms with Crippen LogP contribution in [0.3, 0.4) is 0 Å². The maximum Gasteiger partial charge on any atom is 0.412 e. The molecule has 0 radical (unpaired) electrons. The molecule has 9 nitrogen and oxygen atoms in total. The van der Waals surface area contributed by atoms with Crippen molar-refractivity contribution in [3.8, 4) is 28.4 Å². The summed E-state index contributed by atoms with van der Waals surface area (Å²) < 4.78 is 21.3. The molecule has 0 bridgehead atoms. The van der Waals surface area contributed by atoms with E-state index in [0.717, 1.165) is 5.56 Å². The summed E-state index contributed by atoms with van der Waals surface area (Å²) in [6.07, 6.45) is -0.642. The minimum absolute atomic E-state index is 0.0226. The van der Waals surface area contributed by atoms with Crippen LogP contribution in [0, 0.1) is 6.92 Å². The molecule has 4 rings (SSSR count). The molecule has 0 atom stereocenters. The minimum atomic E-state index is -0.743. The van der Waals surface area contributed by atoms with Gasteiger partial charge in [0.25, 0.3) is 5.91 Å². The Hall–Kier alpha value is -4.79. The lowest BCUT2D eigenvalue weighted by Crippen LogP contribution is -2.22. The van der Waals surface area contributed by atoms with Gasteiger partial charge in [-0.05, 0) is 60.5 Å². The molecule has 0 aliphatic heterocycles. The van der Waals surface area contributed by atoms with Gasteiger partial charge in [0.2, 0.25) is 0 Å². The number of benzene rings is 3. The Kier molecular flexibility index (Phi) is 6.91. The first-order chi connectivity index (χ1) is 17.3. The number of carbonyl (C=O) groups is 2. The zero-order chi connectivity index (χ0) is 25.8. The third-order valence-electron chi connectivity index (χ3n) is 5.53. The molecule has 0 fully saturated rings. The molecule has 0 aliphatic rings. The third kappa shape index (κ3) is 5.00. The van der Waals surface area contributed by atoms with Gasteiger partial charge in [-0.3, -0.25) is 4.79 Å². The minimum Gasteiger partial charge on any atom is -0.497 e. The summed E-state index contributed by atoms with van der Waals surface area (Å²) in [5.74, 6) is 1.00. The lowest BCUT2D eigenvalue weighted by atomic mass is 10.0. The molecule has 9 heteroatoms. The first-order valence-corrected chi connectivity index (χ1v) is 10.9. The molecule has 0 aliphatic carbocycles. The van der Waals surface area contributed by atoms with E-state index in [1.807, 2.05) is 24.3 Å². The molecule has 184 valence electrons. The Morgan fingerprint density at radius 2 is 1.72 bits per heavy atom. The summed E-state index contributed by atoms with van der Waals surface area (Å²) in [5, 5.41) is 5.54. The van der Waals surface area contributed by atoms with E-state index >= 15 is 0 Å². The lowest BCUT2D eigenvalue weighted by Gasteiger charge is -2.12. The predicted molar refractivity (Wildman–Crippen MR) is 135 cm³/mol. The van der Waals surface area contributed by atoms with E-state index in [1.165, 1.54) is 19.2 Å². The number of aryl methyl sites for hydroxylation is 1. The average Bonchev–Trinajstić information content (AvgIpc) is 2.89. The monoisotopic (exact) mass is 488 g/mol. The molecular weight excluding hydrogens is 464 g/mol. The summed E-state index contributed by atoms with van der Waals surface area (Å²) in [5.41, 5.74) is 1.91. The van der Waals surface area contributed by atoms with Gasteiger partial charge in [0, 0.05) is 29.6 Å². The number of amides is 2. The van der Waals surface area contributed by atoms with Crippen molar-refractivity contribution in [2.45, 2.75) is 6.92 Å². The molecule has 3 aromatic carbocycles. The number of carbonyl (C=O) groups excluding carboxylic acids is 2. The summed E-state index contributed by atoms with van der Waals surface area (Å²) in [7, 11) is 4.56. The second-order valence-corrected chi connectivity index (χ2v) is 7.84. The van der Waals surface area contributed by atoms with Gasteiger partial charge in [-0.1, -0.05) is 12.1 Å². The van der Waals surface area contributed by atoms with Gasteiger partial charge in [0.05, 0.1) is 14.2 Å². The van der Waals surface area contributed by atoms with E-state index < -0.39 is 17.6 Å². The van der Waals surface area contributed by atoms with E-state index in [0.29, 0.717) is 33.6 Å². The van der Waals surface area contributed by atoms with Crippen molar-refractivity contribution in [3.63, 3.8) is 0 Å². The van der Waals surface area contributed by atoms with Gasteiger partial charge in [-0.2, -0.15) is 0 Å². The fourth-order valence-corrected chi connectivity index (χ4v) is 3.67. The Morgan fingerprint density at radius 1 is 0.917 bits per heavy atom. The number of fused-ring (bicyclic) bond motifs is 1. The predicted octanol–water partition coefficient (Wildman–Crippen LogP) is 4.76. The molecule has 36 heavy (non-hydrogen) atoms. The van der Waals surface area contributed by atoms with Crippen LogP contribution in [-0.4, -0.2) is 33.3 Å². The second-order valence-electron chi connectivity index (χ2n) is 7.84. The summed E-state index contributed by atoms with van der Waals surface area (Å²) in [6, 6.07) is 17.0. The Balaban J connectivity index is 1.66. The number of hydrogen-bond acceptors (Lipinski definition) is 7. The van der Waals surface area contributed by atoms with Crippen LogP contribution in [0.4, 0.5) is 10.5 Å². The summed E-state index contributed by atoms with van der Waals surface area (Å²) in [6.45, 7) is 1.75. The largest absolute Gasteiger partial charge is 0.497 e. The van der Waals surface area contributed by atoms with Crippen LogP contribution < -0.4 is 30.5 Å². The van der Waals surface area contributed by atoms with Crippen molar-refractivity contribution in [2.75, 3.05) is 26.6 Å². The van der Waals surface area contributed by atoms with Gasteiger partial charge in [0.1, 0.15) is 28.5 Å². The molecule has 0 unspecified atom stereocenters. The quantitative estimate of drug-likeness (QED) is 0.376. The molecule has 0 saturated carbocycles. The standard InChI is InChI=1S/C27H24N2O7/c1-15-10-18-13-21(26(31)35-24(18)14-23(15)36-27(32)28-2)29-25(30)17-8-9-22(34-4)20(12-17)16-6-5-7-19(11-16)33-3/h5-14H,1-4H3,(H,28,32)(H,29,30). The number of ether oxygens (including phenoxy) is 3. The van der Waals surface area contributed by atoms with Crippen molar-refractivity contribution < 1.29 is 28.2 Å². The van der Waals surface area contributed by atoms with Crippen LogP contribution in [0.5, 0.6) is 17.2 Å². The second kappa shape index (κ2) is 10.2. The van der Waals surface area contributed by atoms with Crippen molar-refractivity contribution in [1.29, 1.82) is 0 Å². The number of methoxy groups -OCH3 is 2. The number of nitrogens with one attached hydrogen (secondary N) is 2. The Bertz CT molecular complexity index is 1520. The van der Waals surface area contributed by atoms with Crippen molar-refractivity contribution in [1.82, 2.24) is 5.32 Å². The fourth-order valence-electron chi connectivity index (χ4n) is 3.67. The van der Waals surface area contributed by atoms with Gasteiger partial charge in [0.15, 0.2) is 0 Å². The molecular formula is C27H24N2O7. The zero-order valence-corrected chi connectivity index (χ0v) is 20.1. The molecule has 2 amide bonds.